The van der Waals surface area contributed by atoms with Crippen LogP contribution in [0.5, 0.6) is 5.75 Å². The van der Waals surface area contributed by atoms with Crippen molar-refractivity contribution in [2.24, 2.45) is 5.73 Å². The number of benzene rings is 2. The minimum Gasteiger partial charge on any atom is -0.496 e. The summed E-state index contributed by atoms with van der Waals surface area (Å²) in [5, 5.41) is 0.702. The highest BCUT2D eigenvalue weighted by molar-refractivity contribution is 6.30. The molecule has 2 nitrogen and oxygen atoms in total. The zero-order valence-electron chi connectivity index (χ0n) is 11.5. The van der Waals surface area contributed by atoms with Gasteiger partial charge >= 0.3 is 0 Å². The number of rotatable bonds is 3. The number of ether oxygens (including phenoxy) is 1. The molecule has 2 aromatic rings. The highest BCUT2D eigenvalue weighted by Gasteiger charge is 2.13. The second-order valence-electron chi connectivity index (χ2n) is 4.66. The molecule has 0 bridgehead atoms. The summed E-state index contributed by atoms with van der Waals surface area (Å²) in [6, 6.07) is 9.99. The van der Waals surface area contributed by atoms with Crippen LogP contribution in [0.4, 0.5) is 0 Å². The molecule has 2 rings (SSSR count). The third kappa shape index (κ3) is 2.75. The van der Waals surface area contributed by atoms with Crippen LogP contribution in [0, 0.1) is 13.8 Å². The average molecular weight is 276 g/mol. The maximum absolute atomic E-state index is 6.03. The summed E-state index contributed by atoms with van der Waals surface area (Å²) < 4.78 is 5.52. The highest BCUT2D eigenvalue weighted by Crippen LogP contribution is 2.37. The lowest BCUT2D eigenvalue weighted by Crippen LogP contribution is -2.01. The van der Waals surface area contributed by atoms with Gasteiger partial charge in [-0.1, -0.05) is 23.7 Å². The quantitative estimate of drug-likeness (QED) is 0.916. The number of hydrogen-bond donors (Lipinski definition) is 1. The van der Waals surface area contributed by atoms with Crippen LogP contribution in [-0.2, 0) is 6.54 Å². The molecule has 0 saturated heterocycles. The summed E-state index contributed by atoms with van der Waals surface area (Å²) in [7, 11) is 1.69. The van der Waals surface area contributed by atoms with E-state index in [0.29, 0.717) is 11.6 Å². The lowest BCUT2D eigenvalue weighted by molar-refractivity contribution is 0.416. The van der Waals surface area contributed by atoms with Crippen molar-refractivity contribution in [2.75, 3.05) is 7.11 Å². The molecule has 0 saturated carbocycles. The van der Waals surface area contributed by atoms with E-state index in [1.807, 2.05) is 24.3 Å². The Hall–Kier alpha value is -1.51. The van der Waals surface area contributed by atoms with Crippen molar-refractivity contribution in [3.05, 3.63) is 52.0 Å². The Morgan fingerprint density at radius 2 is 1.89 bits per heavy atom. The Balaban J connectivity index is 2.71. The molecule has 0 fully saturated rings. The number of halogens is 1. The molecule has 0 aliphatic carbocycles. The van der Waals surface area contributed by atoms with Crippen molar-refractivity contribution >= 4 is 11.6 Å². The van der Waals surface area contributed by atoms with E-state index in [4.69, 9.17) is 22.1 Å². The topological polar surface area (TPSA) is 35.2 Å². The van der Waals surface area contributed by atoms with Crippen LogP contribution >= 0.6 is 11.6 Å². The first kappa shape index (κ1) is 13.9. The van der Waals surface area contributed by atoms with Gasteiger partial charge in [0.25, 0.3) is 0 Å². The smallest absolute Gasteiger partial charge is 0.127 e. The minimum atomic E-state index is 0.451. The average Bonchev–Trinajstić information content (AvgIpc) is 2.38. The molecule has 19 heavy (non-hydrogen) atoms. The van der Waals surface area contributed by atoms with Crippen LogP contribution in [0.3, 0.4) is 0 Å². The number of methoxy groups -OCH3 is 1. The SMILES string of the molecule is COc1cc(C)cc(C)c1-c1ccc(Cl)cc1CN. The molecule has 3 heteroatoms. The molecule has 0 aromatic heterocycles. The Labute approximate surface area is 119 Å². The summed E-state index contributed by atoms with van der Waals surface area (Å²) >= 11 is 6.03. The lowest BCUT2D eigenvalue weighted by Gasteiger charge is -2.16. The standard InChI is InChI=1S/C16H18ClNO/c1-10-6-11(2)16(15(7-10)19-3)14-5-4-13(17)8-12(14)9-18/h4-8H,9,18H2,1-3H3. The molecule has 2 aromatic carbocycles. The fourth-order valence-electron chi connectivity index (χ4n) is 2.41. The van der Waals surface area contributed by atoms with Crippen molar-refractivity contribution in [3.63, 3.8) is 0 Å². The summed E-state index contributed by atoms with van der Waals surface area (Å²) in [6.07, 6.45) is 0. The van der Waals surface area contributed by atoms with Crippen LogP contribution in [0.25, 0.3) is 11.1 Å². The zero-order valence-corrected chi connectivity index (χ0v) is 12.2. The summed E-state index contributed by atoms with van der Waals surface area (Å²) in [6.45, 7) is 4.59. The second-order valence-corrected chi connectivity index (χ2v) is 5.10. The Bertz CT molecular complexity index is 608. The maximum Gasteiger partial charge on any atom is 0.127 e. The highest BCUT2D eigenvalue weighted by atomic mass is 35.5. The van der Waals surface area contributed by atoms with Gasteiger partial charge in [0.1, 0.15) is 5.75 Å². The summed E-state index contributed by atoms with van der Waals surface area (Å²) in [5.41, 5.74) is 11.4. The van der Waals surface area contributed by atoms with Gasteiger partial charge in [0.2, 0.25) is 0 Å². The van der Waals surface area contributed by atoms with Gasteiger partial charge in [0, 0.05) is 17.1 Å². The van der Waals surface area contributed by atoms with E-state index in [-0.39, 0.29) is 0 Å². The van der Waals surface area contributed by atoms with Gasteiger partial charge in [-0.2, -0.15) is 0 Å². The molecule has 0 spiro atoms. The van der Waals surface area contributed by atoms with Crippen molar-refractivity contribution in [1.82, 2.24) is 0 Å². The van der Waals surface area contributed by atoms with Crippen LogP contribution < -0.4 is 10.5 Å². The van der Waals surface area contributed by atoms with Gasteiger partial charge in [-0.3, -0.25) is 0 Å². The van der Waals surface area contributed by atoms with Crippen LogP contribution in [0.15, 0.2) is 30.3 Å². The monoisotopic (exact) mass is 275 g/mol. The Kier molecular flexibility index (Phi) is 4.13. The van der Waals surface area contributed by atoms with E-state index in [2.05, 4.69) is 19.9 Å². The van der Waals surface area contributed by atoms with E-state index in [9.17, 15) is 0 Å². The third-order valence-corrected chi connectivity index (χ3v) is 3.46. The second kappa shape index (κ2) is 5.64. The third-order valence-electron chi connectivity index (χ3n) is 3.22. The first-order chi connectivity index (χ1) is 9.06. The number of hydrogen-bond acceptors (Lipinski definition) is 2. The summed E-state index contributed by atoms with van der Waals surface area (Å²) in [5.74, 6) is 0.870. The molecular formula is C16H18ClNO. The molecule has 2 N–H and O–H groups in total. The predicted octanol–water partition coefficient (Wildman–Crippen LogP) is 4.09. The molecule has 0 heterocycles. The van der Waals surface area contributed by atoms with Crippen LogP contribution in [0.2, 0.25) is 5.02 Å². The number of nitrogens with two attached hydrogens (primary N) is 1. The largest absolute Gasteiger partial charge is 0.496 e. The van der Waals surface area contributed by atoms with E-state index < -0.39 is 0 Å². The molecule has 0 atom stereocenters. The molecule has 0 radical (unpaired) electrons. The fourth-order valence-corrected chi connectivity index (χ4v) is 2.60. The molecule has 0 aliphatic heterocycles. The maximum atomic E-state index is 6.03. The van der Waals surface area contributed by atoms with Gasteiger partial charge in [0.15, 0.2) is 0 Å². The van der Waals surface area contributed by atoms with E-state index >= 15 is 0 Å². The zero-order chi connectivity index (χ0) is 14.0. The van der Waals surface area contributed by atoms with Gasteiger partial charge in [-0.25, -0.2) is 0 Å². The lowest BCUT2D eigenvalue weighted by atomic mass is 9.94. The Morgan fingerprint density at radius 3 is 2.53 bits per heavy atom. The van der Waals surface area contributed by atoms with Crippen molar-refractivity contribution in [2.45, 2.75) is 20.4 Å². The number of aryl methyl sites for hydroxylation is 2. The predicted molar refractivity (Wildman–Crippen MR) is 80.8 cm³/mol. The first-order valence-corrected chi connectivity index (χ1v) is 6.58. The van der Waals surface area contributed by atoms with Gasteiger partial charge in [0.05, 0.1) is 7.11 Å². The molecule has 0 aliphatic rings. The van der Waals surface area contributed by atoms with E-state index in [1.165, 1.54) is 11.1 Å². The van der Waals surface area contributed by atoms with Gasteiger partial charge in [-0.15, -0.1) is 0 Å². The molecular weight excluding hydrogens is 258 g/mol. The minimum absolute atomic E-state index is 0.451. The Morgan fingerprint density at radius 1 is 1.16 bits per heavy atom. The molecule has 0 unspecified atom stereocenters. The molecule has 0 amide bonds. The van der Waals surface area contributed by atoms with Crippen molar-refractivity contribution in [3.8, 4) is 16.9 Å². The van der Waals surface area contributed by atoms with Crippen molar-refractivity contribution < 1.29 is 4.74 Å². The van der Waals surface area contributed by atoms with E-state index in [1.54, 1.807) is 7.11 Å². The first-order valence-electron chi connectivity index (χ1n) is 6.21. The van der Waals surface area contributed by atoms with Crippen LogP contribution in [-0.4, -0.2) is 7.11 Å². The van der Waals surface area contributed by atoms with Gasteiger partial charge in [-0.05, 0) is 54.3 Å². The fraction of sp³-hybridized carbons (Fsp3) is 0.250. The normalized spacial score (nSPS) is 10.6. The summed E-state index contributed by atoms with van der Waals surface area (Å²) in [4.78, 5) is 0. The molecule has 100 valence electrons. The van der Waals surface area contributed by atoms with E-state index in [0.717, 1.165) is 22.4 Å². The van der Waals surface area contributed by atoms with Crippen molar-refractivity contribution in [1.29, 1.82) is 0 Å². The van der Waals surface area contributed by atoms with Gasteiger partial charge < -0.3 is 10.5 Å². The van der Waals surface area contributed by atoms with Crippen LogP contribution in [0.1, 0.15) is 16.7 Å².